The van der Waals surface area contributed by atoms with Crippen molar-refractivity contribution >= 4 is 11.3 Å². The Balaban J connectivity index is 1.63. The molecule has 0 radical (unpaired) electrons. The summed E-state index contributed by atoms with van der Waals surface area (Å²) in [5.41, 5.74) is 4.14. The molecule has 0 aliphatic rings. The first kappa shape index (κ1) is 17.2. The quantitative estimate of drug-likeness (QED) is 0.533. The zero-order valence-electron chi connectivity index (χ0n) is 14.9. The molecular formula is C19H17N5O2S. The van der Waals surface area contributed by atoms with E-state index in [4.69, 9.17) is 4.74 Å². The number of hydrogen-bond donors (Lipinski definition) is 0. The number of rotatable bonds is 5. The molecule has 0 atom stereocenters. The molecule has 0 saturated heterocycles. The monoisotopic (exact) mass is 379 g/mol. The molecule has 0 fully saturated rings. The summed E-state index contributed by atoms with van der Waals surface area (Å²) in [6.45, 7) is 2.24. The highest BCUT2D eigenvalue weighted by atomic mass is 32.1. The molecule has 0 saturated carbocycles. The fourth-order valence-electron chi connectivity index (χ4n) is 2.75. The van der Waals surface area contributed by atoms with Crippen LogP contribution in [-0.2, 0) is 13.7 Å². The molecule has 0 aliphatic heterocycles. The van der Waals surface area contributed by atoms with Crippen molar-refractivity contribution in [1.29, 1.82) is 0 Å². The molecule has 3 heterocycles. The zero-order valence-corrected chi connectivity index (χ0v) is 15.7. The summed E-state index contributed by atoms with van der Waals surface area (Å²) in [4.78, 5) is 16.8. The largest absolute Gasteiger partial charge is 0.473 e. The van der Waals surface area contributed by atoms with Gasteiger partial charge in [-0.05, 0) is 46.5 Å². The summed E-state index contributed by atoms with van der Waals surface area (Å²) in [6.07, 6.45) is 0. The molecule has 8 heteroatoms. The van der Waals surface area contributed by atoms with Gasteiger partial charge in [0, 0.05) is 29.6 Å². The fraction of sp³-hybridized carbons (Fsp3) is 0.158. The van der Waals surface area contributed by atoms with Gasteiger partial charge in [-0.15, -0.1) is 0 Å². The number of pyridine rings is 1. The Morgan fingerprint density at radius 1 is 1.11 bits per heavy atom. The van der Waals surface area contributed by atoms with E-state index in [1.807, 2.05) is 60.1 Å². The number of benzene rings is 1. The minimum absolute atomic E-state index is 0.269. The Morgan fingerprint density at radius 3 is 2.70 bits per heavy atom. The number of hydrogen-bond acceptors (Lipinski definition) is 6. The lowest BCUT2D eigenvalue weighted by Crippen LogP contribution is -2.23. The lowest BCUT2D eigenvalue weighted by Gasteiger charge is -2.12. The summed E-state index contributed by atoms with van der Waals surface area (Å²) >= 11 is 1.63. The summed E-state index contributed by atoms with van der Waals surface area (Å²) in [5.74, 6) is 0.527. The van der Waals surface area contributed by atoms with Crippen LogP contribution in [0.25, 0.3) is 16.9 Å². The van der Waals surface area contributed by atoms with E-state index in [9.17, 15) is 4.79 Å². The molecule has 136 valence electrons. The van der Waals surface area contributed by atoms with Crippen LogP contribution in [0.15, 0.2) is 58.0 Å². The highest BCUT2D eigenvalue weighted by molar-refractivity contribution is 7.08. The van der Waals surface area contributed by atoms with Crippen LogP contribution in [-0.4, -0.2) is 24.8 Å². The Morgan fingerprint density at radius 2 is 1.96 bits per heavy atom. The molecule has 7 nitrogen and oxygen atoms in total. The van der Waals surface area contributed by atoms with Crippen molar-refractivity contribution < 1.29 is 4.74 Å². The van der Waals surface area contributed by atoms with Crippen molar-refractivity contribution in [1.82, 2.24) is 24.8 Å². The maximum atomic E-state index is 12.2. The summed E-state index contributed by atoms with van der Waals surface area (Å²) < 4.78 is 8.41. The van der Waals surface area contributed by atoms with Gasteiger partial charge in [0.15, 0.2) is 0 Å². The van der Waals surface area contributed by atoms with Gasteiger partial charge in [0.1, 0.15) is 6.61 Å². The number of thiophene rings is 1. The maximum absolute atomic E-state index is 12.2. The smallest absolute Gasteiger partial charge is 0.368 e. The summed E-state index contributed by atoms with van der Waals surface area (Å²) in [5, 5.41) is 11.8. The molecule has 3 aromatic heterocycles. The number of aromatic nitrogens is 5. The van der Waals surface area contributed by atoms with Gasteiger partial charge in [-0.2, -0.15) is 20.7 Å². The number of tetrazole rings is 1. The second-order valence-electron chi connectivity index (χ2n) is 6.03. The van der Waals surface area contributed by atoms with Crippen molar-refractivity contribution in [2.75, 3.05) is 0 Å². The van der Waals surface area contributed by atoms with Gasteiger partial charge in [-0.25, -0.2) is 9.78 Å². The number of nitrogens with zero attached hydrogens (tertiary/aromatic N) is 5. The highest BCUT2D eigenvalue weighted by Gasteiger charge is 2.14. The number of aryl methyl sites for hydroxylation is 2. The first-order chi connectivity index (χ1) is 13.1. The average Bonchev–Trinajstić information content (AvgIpc) is 3.32. The Bertz CT molecular complexity index is 1130. The molecule has 0 bridgehead atoms. The molecule has 4 aromatic rings. The molecular weight excluding hydrogens is 362 g/mol. The van der Waals surface area contributed by atoms with Gasteiger partial charge in [0.2, 0.25) is 5.88 Å². The fourth-order valence-corrected chi connectivity index (χ4v) is 3.40. The first-order valence-electron chi connectivity index (χ1n) is 8.34. The zero-order chi connectivity index (χ0) is 18.8. The molecule has 0 N–H and O–H groups in total. The lowest BCUT2D eigenvalue weighted by molar-refractivity contribution is 0.293. The van der Waals surface area contributed by atoms with Crippen LogP contribution in [0.4, 0.5) is 0 Å². The highest BCUT2D eigenvalue weighted by Crippen LogP contribution is 2.23. The van der Waals surface area contributed by atoms with Crippen LogP contribution >= 0.6 is 11.3 Å². The van der Waals surface area contributed by atoms with E-state index >= 15 is 0 Å². The third-order valence-electron chi connectivity index (χ3n) is 4.24. The molecule has 0 aliphatic carbocycles. The molecule has 0 unspecified atom stereocenters. The second kappa shape index (κ2) is 7.16. The summed E-state index contributed by atoms with van der Waals surface area (Å²) in [7, 11) is 1.57. The number of ether oxygens (including phenoxy) is 1. The van der Waals surface area contributed by atoms with Gasteiger partial charge in [-0.1, -0.05) is 18.2 Å². The average molecular weight is 379 g/mol. The van der Waals surface area contributed by atoms with Gasteiger partial charge >= 0.3 is 5.69 Å². The van der Waals surface area contributed by atoms with E-state index in [0.29, 0.717) is 11.6 Å². The predicted octanol–water partition coefficient (Wildman–Crippen LogP) is 2.98. The predicted molar refractivity (Wildman–Crippen MR) is 103 cm³/mol. The minimum Gasteiger partial charge on any atom is -0.473 e. The van der Waals surface area contributed by atoms with Gasteiger partial charge < -0.3 is 4.74 Å². The van der Waals surface area contributed by atoms with E-state index in [2.05, 4.69) is 15.4 Å². The van der Waals surface area contributed by atoms with Crippen molar-refractivity contribution in [2.45, 2.75) is 13.5 Å². The van der Waals surface area contributed by atoms with Crippen molar-refractivity contribution in [3.63, 3.8) is 0 Å². The van der Waals surface area contributed by atoms with E-state index in [1.54, 1.807) is 18.4 Å². The molecule has 1 aromatic carbocycles. The van der Waals surface area contributed by atoms with Crippen LogP contribution in [0.3, 0.4) is 0 Å². The Hall–Kier alpha value is -3.26. The SMILES string of the molecule is Cc1cccc(-n2nnn(C)c2=O)c1COc1cccc(-c2ccsc2)n1. The third-order valence-corrected chi connectivity index (χ3v) is 4.92. The molecule has 4 rings (SSSR count). The molecule has 0 amide bonds. The summed E-state index contributed by atoms with van der Waals surface area (Å²) in [6, 6.07) is 13.4. The van der Waals surface area contributed by atoms with Crippen LogP contribution in [0.5, 0.6) is 5.88 Å². The van der Waals surface area contributed by atoms with Crippen LogP contribution in [0.1, 0.15) is 11.1 Å². The van der Waals surface area contributed by atoms with Crippen molar-refractivity contribution in [3.05, 3.63) is 74.8 Å². The van der Waals surface area contributed by atoms with Crippen LogP contribution in [0, 0.1) is 6.92 Å². The van der Waals surface area contributed by atoms with Crippen molar-refractivity contribution in [2.24, 2.45) is 7.05 Å². The van der Waals surface area contributed by atoms with Crippen LogP contribution < -0.4 is 10.4 Å². The molecule has 27 heavy (non-hydrogen) atoms. The normalized spacial score (nSPS) is 10.9. The minimum atomic E-state index is -0.306. The lowest BCUT2D eigenvalue weighted by atomic mass is 10.1. The third kappa shape index (κ3) is 3.39. The van der Waals surface area contributed by atoms with E-state index < -0.39 is 0 Å². The van der Waals surface area contributed by atoms with Crippen molar-refractivity contribution in [3.8, 4) is 22.8 Å². The maximum Gasteiger partial charge on any atom is 0.368 e. The Labute approximate surface area is 159 Å². The Kier molecular flexibility index (Phi) is 4.55. The second-order valence-corrected chi connectivity index (χ2v) is 6.81. The van der Waals surface area contributed by atoms with E-state index in [0.717, 1.165) is 22.4 Å². The van der Waals surface area contributed by atoms with Gasteiger partial charge in [-0.3, -0.25) is 0 Å². The molecule has 0 spiro atoms. The van der Waals surface area contributed by atoms with Gasteiger partial charge in [0.05, 0.1) is 11.4 Å². The standard InChI is InChI=1S/C19H17N5O2S/c1-13-5-3-7-17(24-19(25)23(2)21-22-24)15(13)11-26-18-8-4-6-16(20-18)14-9-10-27-12-14/h3-10,12H,11H2,1-2H3. The first-order valence-corrected chi connectivity index (χ1v) is 9.28. The van der Waals surface area contributed by atoms with Gasteiger partial charge in [0.25, 0.3) is 0 Å². The topological polar surface area (TPSA) is 74.8 Å². The van der Waals surface area contributed by atoms with Crippen LogP contribution in [0.2, 0.25) is 0 Å². The van der Waals surface area contributed by atoms with E-state index in [-0.39, 0.29) is 12.3 Å². The van der Waals surface area contributed by atoms with E-state index in [1.165, 1.54) is 9.36 Å².